The molecule has 0 fully saturated rings. The monoisotopic (exact) mass is 360 g/mol. The molecule has 0 aliphatic rings. The van der Waals surface area contributed by atoms with E-state index in [0.29, 0.717) is 38.8 Å². The summed E-state index contributed by atoms with van der Waals surface area (Å²) < 4.78 is 0. The summed E-state index contributed by atoms with van der Waals surface area (Å²) in [6.07, 6.45) is 0.304. The van der Waals surface area contributed by atoms with Crippen molar-refractivity contribution in [3.8, 4) is 0 Å². The molecule has 1 amide bonds. The number of halogens is 2. The SMILES string of the molecule is CCC(=O)Nc1c(C(=O)c2cccc(Cl)c2)[nH]c2ccc(Cl)cc12. The van der Waals surface area contributed by atoms with E-state index in [2.05, 4.69) is 10.3 Å². The van der Waals surface area contributed by atoms with Crippen molar-refractivity contribution < 1.29 is 9.59 Å². The lowest BCUT2D eigenvalue weighted by Crippen LogP contribution is -2.13. The van der Waals surface area contributed by atoms with Crippen molar-refractivity contribution in [3.63, 3.8) is 0 Å². The number of H-pyrrole nitrogens is 1. The number of rotatable bonds is 4. The first-order valence-electron chi connectivity index (χ1n) is 7.41. The Morgan fingerprint density at radius 2 is 1.83 bits per heavy atom. The Morgan fingerprint density at radius 3 is 2.54 bits per heavy atom. The van der Waals surface area contributed by atoms with Gasteiger partial charge in [-0.3, -0.25) is 9.59 Å². The lowest BCUT2D eigenvalue weighted by molar-refractivity contribution is -0.115. The number of aromatic amines is 1. The predicted molar refractivity (Wildman–Crippen MR) is 97.1 cm³/mol. The van der Waals surface area contributed by atoms with Gasteiger partial charge < -0.3 is 10.3 Å². The van der Waals surface area contributed by atoms with Crippen LogP contribution in [0.4, 0.5) is 5.69 Å². The summed E-state index contributed by atoms with van der Waals surface area (Å²) in [6, 6.07) is 11.9. The highest BCUT2D eigenvalue weighted by Gasteiger charge is 2.21. The third kappa shape index (κ3) is 3.16. The average molecular weight is 361 g/mol. The molecule has 2 aromatic carbocycles. The molecule has 2 N–H and O–H groups in total. The molecular formula is C18H14Cl2N2O2. The summed E-state index contributed by atoms with van der Waals surface area (Å²) in [5.41, 5.74) is 1.89. The third-order valence-electron chi connectivity index (χ3n) is 3.66. The van der Waals surface area contributed by atoms with Crippen LogP contribution in [0.15, 0.2) is 42.5 Å². The van der Waals surface area contributed by atoms with Gasteiger partial charge in [-0.2, -0.15) is 0 Å². The van der Waals surface area contributed by atoms with E-state index in [-0.39, 0.29) is 11.7 Å². The van der Waals surface area contributed by atoms with E-state index >= 15 is 0 Å². The number of hydrogen-bond acceptors (Lipinski definition) is 2. The number of aromatic nitrogens is 1. The Kier molecular flexibility index (Phi) is 4.60. The van der Waals surface area contributed by atoms with Crippen LogP contribution in [-0.2, 0) is 4.79 Å². The van der Waals surface area contributed by atoms with Crippen LogP contribution in [0.25, 0.3) is 10.9 Å². The number of ketones is 1. The minimum absolute atomic E-state index is 0.184. The van der Waals surface area contributed by atoms with E-state index in [9.17, 15) is 9.59 Å². The summed E-state index contributed by atoms with van der Waals surface area (Å²) in [6.45, 7) is 1.75. The number of nitrogens with one attached hydrogen (secondary N) is 2. The van der Waals surface area contributed by atoms with Crippen LogP contribution in [-0.4, -0.2) is 16.7 Å². The third-order valence-corrected chi connectivity index (χ3v) is 4.13. The lowest BCUT2D eigenvalue weighted by Gasteiger charge is -2.06. The Bertz CT molecular complexity index is 947. The van der Waals surface area contributed by atoms with E-state index in [0.717, 1.165) is 5.52 Å². The number of amides is 1. The molecule has 0 radical (unpaired) electrons. The number of fused-ring (bicyclic) bond motifs is 1. The molecule has 0 aliphatic carbocycles. The lowest BCUT2D eigenvalue weighted by atomic mass is 10.1. The van der Waals surface area contributed by atoms with E-state index in [4.69, 9.17) is 23.2 Å². The molecule has 0 saturated heterocycles. The molecule has 0 saturated carbocycles. The number of anilines is 1. The van der Waals surface area contributed by atoms with Gasteiger partial charge in [0.2, 0.25) is 11.7 Å². The highest BCUT2D eigenvalue weighted by Crippen LogP contribution is 2.32. The van der Waals surface area contributed by atoms with Gasteiger partial charge in [0.15, 0.2) is 0 Å². The van der Waals surface area contributed by atoms with Gasteiger partial charge in [0, 0.05) is 32.9 Å². The standard InChI is InChI=1S/C18H14Cl2N2O2/c1-2-15(23)22-16-13-9-12(20)6-7-14(13)21-17(16)18(24)10-4-3-5-11(19)8-10/h3-9,21H,2H2,1H3,(H,22,23). The Labute approximate surface area is 148 Å². The molecule has 3 rings (SSSR count). The second-order valence-electron chi connectivity index (χ2n) is 5.31. The molecule has 0 spiro atoms. The van der Waals surface area contributed by atoms with Crippen LogP contribution in [0.5, 0.6) is 0 Å². The first-order chi connectivity index (χ1) is 11.5. The van der Waals surface area contributed by atoms with E-state index in [1.54, 1.807) is 49.4 Å². The molecule has 6 heteroatoms. The van der Waals surface area contributed by atoms with Gasteiger partial charge in [-0.15, -0.1) is 0 Å². The number of carbonyl (C=O) groups is 2. The van der Waals surface area contributed by atoms with Crippen molar-refractivity contribution in [1.82, 2.24) is 4.98 Å². The predicted octanol–water partition coefficient (Wildman–Crippen LogP) is 5.05. The van der Waals surface area contributed by atoms with Gasteiger partial charge in [0.05, 0.1) is 5.69 Å². The maximum Gasteiger partial charge on any atom is 0.224 e. The highest BCUT2D eigenvalue weighted by atomic mass is 35.5. The van der Waals surface area contributed by atoms with Crippen LogP contribution in [0, 0.1) is 0 Å². The summed E-state index contributed by atoms with van der Waals surface area (Å²) in [5, 5.41) is 4.48. The number of carbonyl (C=O) groups excluding carboxylic acids is 2. The van der Waals surface area contributed by atoms with Gasteiger partial charge in [-0.1, -0.05) is 42.3 Å². The van der Waals surface area contributed by atoms with Gasteiger partial charge in [-0.05, 0) is 30.3 Å². The fourth-order valence-corrected chi connectivity index (χ4v) is 2.83. The minimum Gasteiger partial charge on any atom is -0.350 e. The molecule has 0 unspecified atom stereocenters. The van der Waals surface area contributed by atoms with Crippen LogP contribution >= 0.6 is 23.2 Å². The van der Waals surface area contributed by atoms with Crippen LogP contribution in [0.1, 0.15) is 29.4 Å². The van der Waals surface area contributed by atoms with Crippen molar-refractivity contribution in [2.24, 2.45) is 0 Å². The average Bonchev–Trinajstić information content (AvgIpc) is 2.92. The molecular weight excluding hydrogens is 347 g/mol. The van der Waals surface area contributed by atoms with Crippen molar-refractivity contribution in [3.05, 3.63) is 63.8 Å². The van der Waals surface area contributed by atoms with Crippen LogP contribution < -0.4 is 5.32 Å². The molecule has 0 bridgehead atoms. The second kappa shape index (κ2) is 6.67. The molecule has 3 aromatic rings. The molecule has 122 valence electrons. The molecule has 1 aromatic heterocycles. The van der Waals surface area contributed by atoms with Gasteiger partial charge in [-0.25, -0.2) is 0 Å². The van der Waals surface area contributed by atoms with Crippen molar-refractivity contribution in [1.29, 1.82) is 0 Å². The Hall–Kier alpha value is -2.30. The van der Waals surface area contributed by atoms with E-state index in [1.165, 1.54) is 0 Å². The van der Waals surface area contributed by atoms with Gasteiger partial charge >= 0.3 is 0 Å². The Morgan fingerprint density at radius 1 is 1.08 bits per heavy atom. The molecule has 4 nitrogen and oxygen atoms in total. The summed E-state index contributed by atoms with van der Waals surface area (Å²) in [4.78, 5) is 27.8. The quantitative estimate of drug-likeness (QED) is 0.639. The maximum absolute atomic E-state index is 12.9. The number of benzene rings is 2. The van der Waals surface area contributed by atoms with Crippen molar-refractivity contribution in [2.75, 3.05) is 5.32 Å². The Balaban J connectivity index is 2.17. The number of hydrogen-bond donors (Lipinski definition) is 2. The second-order valence-corrected chi connectivity index (χ2v) is 6.18. The van der Waals surface area contributed by atoms with E-state index < -0.39 is 0 Å². The molecule has 0 aliphatic heterocycles. The van der Waals surface area contributed by atoms with Crippen molar-refractivity contribution in [2.45, 2.75) is 13.3 Å². The topological polar surface area (TPSA) is 62.0 Å². The largest absolute Gasteiger partial charge is 0.350 e. The zero-order valence-corrected chi connectivity index (χ0v) is 14.3. The normalized spacial score (nSPS) is 10.8. The first-order valence-corrected chi connectivity index (χ1v) is 8.16. The zero-order chi connectivity index (χ0) is 17.3. The van der Waals surface area contributed by atoms with Gasteiger partial charge in [0.25, 0.3) is 0 Å². The first kappa shape index (κ1) is 16.6. The van der Waals surface area contributed by atoms with Crippen LogP contribution in [0.2, 0.25) is 10.0 Å². The maximum atomic E-state index is 12.9. The zero-order valence-electron chi connectivity index (χ0n) is 12.8. The van der Waals surface area contributed by atoms with Gasteiger partial charge in [0.1, 0.15) is 5.69 Å². The highest BCUT2D eigenvalue weighted by molar-refractivity contribution is 6.32. The molecule has 0 atom stereocenters. The minimum atomic E-state index is -0.253. The summed E-state index contributed by atoms with van der Waals surface area (Å²) >= 11 is 12.0. The molecule has 1 heterocycles. The van der Waals surface area contributed by atoms with E-state index in [1.807, 2.05) is 0 Å². The summed E-state index contributed by atoms with van der Waals surface area (Å²) in [5.74, 6) is -0.438. The van der Waals surface area contributed by atoms with Crippen LogP contribution in [0.3, 0.4) is 0 Å². The smallest absolute Gasteiger partial charge is 0.224 e. The molecule has 24 heavy (non-hydrogen) atoms. The fraction of sp³-hybridized carbons (Fsp3) is 0.111. The summed E-state index contributed by atoms with van der Waals surface area (Å²) in [7, 11) is 0. The fourth-order valence-electron chi connectivity index (χ4n) is 2.47. The van der Waals surface area contributed by atoms with Crippen molar-refractivity contribution >= 4 is 51.5 Å².